The van der Waals surface area contributed by atoms with Crippen LogP contribution in [-0.2, 0) is 16.1 Å². The summed E-state index contributed by atoms with van der Waals surface area (Å²) < 4.78 is 12.3. The third-order valence-electron chi connectivity index (χ3n) is 7.51. The first kappa shape index (κ1) is 28.4. The van der Waals surface area contributed by atoms with Gasteiger partial charge in [0, 0.05) is 25.1 Å². The van der Waals surface area contributed by atoms with E-state index >= 15 is 0 Å². The predicted molar refractivity (Wildman–Crippen MR) is 163 cm³/mol. The van der Waals surface area contributed by atoms with Crippen molar-refractivity contribution in [1.29, 1.82) is 0 Å². The largest absolute Gasteiger partial charge is 0.444 e. The maximum atomic E-state index is 13.0. The zero-order chi connectivity index (χ0) is 29.0. The number of hydrogen-bond donors (Lipinski definition) is 1. The van der Waals surface area contributed by atoms with Gasteiger partial charge in [-0.2, -0.15) is 0 Å². The van der Waals surface area contributed by atoms with Crippen LogP contribution in [0.2, 0.25) is 0 Å². The van der Waals surface area contributed by atoms with Crippen molar-refractivity contribution in [3.05, 3.63) is 108 Å². The van der Waals surface area contributed by atoms with Crippen LogP contribution in [0.1, 0.15) is 54.6 Å². The molecule has 4 aromatic rings. The Morgan fingerprint density at radius 3 is 2.37 bits per heavy atom. The molecule has 6 nitrogen and oxygen atoms in total. The Labute approximate surface area is 242 Å². The molecular weight excluding hydrogens is 512 g/mol. The zero-order valence-electron chi connectivity index (χ0n) is 24.2. The molecule has 5 rings (SSSR count). The van der Waals surface area contributed by atoms with E-state index in [0.717, 1.165) is 23.1 Å². The topological polar surface area (TPSA) is 67.9 Å². The third kappa shape index (κ3) is 6.95. The zero-order valence-corrected chi connectivity index (χ0v) is 24.2. The van der Waals surface area contributed by atoms with Gasteiger partial charge in [-0.15, -0.1) is 0 Å². The van der Waals surface area contributed by atoms with Crippen molar-refractivity contribution in [3.8, 4) is 11.1 Å². The van der Waals surface area contributed by atoms with Crippen molar-refractivity contribution < 1.29 is 19.1 Å². The summed E-state index contributed by atoms with van der Waals surface area (Å²) in [6, 6.07) is 30.8. The van der Waals surface area contributed by atoms with Crippen molar-refractivity contribution >= 4 is 22.8 Å². The molecule has 2 amide bonds. The molecule has 1 N–H and O–H groups in total. The molecule has 2 atom stereocenters. The number of likely N-dealkylation sites (tertiary alicyclic amines) is 1. The fourth-order valence-corrected chi connectivity index (χ4v) is 5.40. The number of ether oxygens (including phenoxy) is 2. The molecule has 4 aromatic carbocycles. The molecule has 1 aliphatic heterocycles. The molecule has 0 saturated carbocycles. The Morgan fingerprint density at radius 2 is 1.63 bits per heavy atom. The van der Waals surface area contributed by atoms with E-state index in [2.05, 4.69) is 59.9 Å². The highest BCUT2D eigenvalue weighted by Crippen LogP contribution is 2.34. The van der Waals surface area contributed by atoms with E-state index in [9.17, 15) is 9.59 Å². The summed E-state index contributed by atoms with van der Waals surface area (Å²) in [4.78, 5) is 26.7. The standard InChI is InChI=1S/C35H38N2O4/c1-35(2,3)41-34(39)37-19-18-31(32(22-37)40-23-24-12-13-25-8-5-6-9-28(25)20-24)30-11-7-10-29(21-30)26-14-16-27(17-15-26)33(38)36-4/h5-17,20-21,31-32H,18-19,22-23H2,1-4H3,(H,36,38). The number of fused-ring (bicyclic) bond motifs is 1. The lowest BCUT2D eigenvalue weighted by Crippen LogP contribution is -2.48. The normalized spacial score (nSPS) is 17.3. The third-order valence-corrected chi connectivity index (χ3v) is 7.51. The van der Waals surface area contributed by atoms with E-state index in [4.69, 9.17) is 9.47 Å². The van der Waals surface area contributed by atoms with Crippen molar-refractivity contribution in [1.82, 2.24) is 10.2 Å². The van der Waals surface area contributed by atoms with E-state index in [1.165, 1.54) is 16.3 Å². The van der Waals surface area contributed by atoms with Crippen LogP contribution in [0.3, 0.4) is 0 Å². The van der Waals surface area contributed by atoms with Gasteiger partial charge in [0.2, 0.25) is 0 Å². The lowest BCUT2D eigenvalue weighted by atomic mass is 9.85. The Bertz CT molecular complexity index is 1520. The first-order valence-corrected chi connectivity index (χ1v) is 14.2. The van der Waals surface area contributed by atoms with Gasteiger partial charge in [-0.05, 0) is 78.4 Å². The fraction of sp³-hybridized carbons (Fsp3) is 0.314. The highest BCUT2D eigenvalue weighted by Gasteiger charge is 2.35. The lowest BCUT2D eigenvalue weighted by molar-refractivity contribution is -0.0359. The number of carbonyl (C=O) groups is 2. The van der Waals surface area contributed by atoms with E-state index in [1.54, 1.807) is 11.9 Å². The molecule has 0 bridgehead atoms. The van der Waals surface area contributed by atoms with Gasteiger partial charge < -0.3 is 19.7 Å². The quantitative estimate of drug-likeness (QED) is 0.276. The molecule has 2 unspecified atom stereocenters. The number of nitrogens with zero attached hydrogens (tertiary/aromatic N) is 1. The molecule has 6 heteroatoms. The minimum Gasteiger partial charge on any atom is -0.444 e. The lowest BCUT2D eigenvalue weighted by Gasteiger charge is -2.39. The summed E-state index contributed by atoms with van der Waals surface area (Å²) in [7, 11) is 1.63. The number of carbonyl (C=O) groups excluding carboxylic acids is 2. The van der Waals surface area contributed by atoms with Crippen LogP contribution in [-0.4, -0.2) is 48.7 Å². The van der Waals surface area contributed by atoms with Crippen LogP contribution < -0.4 is 5.32 Å². The van der Waals surface area contributed by atoms with Gasteiger partial charge in [0.05, 0.1) is 19.3 Å². The number of rotatable bonds is 6. The van der Waals surface area contributed by atoms with Crippen molar-refractivity contribution in [2.24, 2.45) is 0 Å². The maximum absolute atomic E-state index is 13.0. The second-order valence-corrected chi connectivity index (χ2v) is 11.6. The summed E-state index contributed by atoms with van der Waals surface area (Å²) in [5.41, 5.74) is 4.46. The summed E-state index contributed by atoms with van der Waals surface area (Å²) in [5.74, 6) is 0.00712. The monoisotopic (exact) mass is 550 g/mol. The first-order valence-electron chi connectivity index (χ1n) is 14.2. The van der Waals surface area contributed by atoms with E-state index in [-0.39, 0.29) is 24.0 Å². The molecule has 1 aliphatic rings. The number of nitrogens with one attached hydrogen (secondary N) is 1. The van der Waals surface area contributed by atoms with Gasteiger partial charge >= 0.3 is 6.09 Å². The predicted octanol–water partition coefficient (Wildman–Crippen LogP) is 7.18. The van der Waals surface area contributed by atoms with E-state index in [0.29, 0.717) is 25.3 Å². The number of piperidine rings is 1. The molecular formula is C35H38N2O4. The minimum atomic E-state index is -0.558. The average molecular weight is 551 g/mol. The molecule has 0 aromatic heterocycles. The number of amides is 2. The highest BCUT2D eigenvalue weighted by molar-refractivity contribution is 5.94. The van der Waals surface area contributed by atoms with Crippen LogP contribution in [0, 0.1) is 0 Å². The number of benzene rings is 4. The Hall–Kier alpha value is -4.16. The van der Waals surface area contributed by atoms with E-state index < -0.39 is 5.60 Å². The highest BCUT2D eigenvalue weighted by atomic mass is 16.6. The molecule has 1 heterocycles. The van der Waals surface area contributed by atoms with Gasteiger partial charge in [0.15, 0.2) is 0 Å². The van der Waals surface area contributed by atoms with Gasteiger partial charge in [0.1, 0.15) is 5.60 Å². The Morgan fingerprint density at radius 1 is 0.878 bits per heavy atom. The SMILES string of the molecule is CNC(=O)c1ccc(-c2cccc(C3CCN(C(=O)OC(C)(C)C)CC3OCc3ccc4ccccc4c3)c2)cc1. The van der Waals surface area contributed by atoms with Crippen LogP contribution in [0.4, 0.5) is 4.79 Å². The van der Waals surface area contributed by atoms with Crippen molar-refractivity contribution in [3.63, 3.8) is 0 Å². The molecule has 0 aliphatic carbocycles. The Balaban J connectivity index is 1.38. The molecule has 212 valence electrons. The number of hydrogen-bond acceptors (Lipinski definition) is 4. The minimum absolute atomic E-state index is 0.103. The molecule has 1 fully saturated rings. The summed E-state index contributed by atoms with van der Waals surface area (Å²) >= 11 is 0. The molecule has 0 radical (unpaired) electrons. The van der Waals surface area contributed by atoms with Crippen LogP contribution in [0.5, 0.6) is 0 Å². The van der Waals surface area contributed by atoms with Gasteiger partial charge in [0.25, 0.3) is 5.91 Å². The van der Waals surface area contributed by atoms with Crippen LogP contribution in [0.25, 0.3) is 21.9 Å². The fourth-order valence-electron chi connectivity index (χ4n) is 5.40. The van der Waals surface area contributed by atoms with Crippen molar-refractivity contribution in [2.45, 2.75) is 51.4 Å². The maximum Gasteiger partial charge on any atom is 0.410 e. The first-order chi connectivity index (χ1) is 19.7. The van der Waals surface area contributed by atoms with Gasteiger partial charge in [-0.25, -0.2) is 4.79 Å². The second kappa shape index (κ2) is 12.1. The van der Waals surface area contributed by atoms with Crippen molar-refractivity contribution in [2.75, 3.05) is 20.1 Å². The van der Waals surface area contributed by atoms with E-state index in [1.807, 2.05) is 57.2 Å². The molecule has 41 heavy (non-hydrogen) atoms. The second-order valence-electron chi connectivity index (χ2n) is 11.6. The van der Waals surface area contributed by atoms with Crippen LogP contribution >= 0.6 is 0 Å². The van der Waals surface area contributed by atoms with Crippen LogP contribution in [0.15, 0.2) is 91.0 Å². The molecule has 0 spiro atoms. The molecule has 1 saturated heterocycles. The average Bonchev–Trinajstić information content (AvgIpc) is 2.98. The van der Waals surface area contributed by atoms with Gasteiger partial charge in [-0.3, -0.25) is 4.79 Å². The summed E-state index contributed by atoms with van der Waals surface area (Å²) in [6.45, 7) is 7.17. The Kier molecular flexibility index (Phi) is 8.41. The van der Waals surface area contributed by atoms with Gasteiger partial charge in [-0.1, -0.05) is 72.8 Å². The summed E-state index contributed by atoms with van der Waals surface area (Å²) in [6.07, 6.45) is 0.259. The smallest absolute Gasteiger partial charge is 0.410 e. The summed E-state index contributed by atoms with van der Waals surface area (Å²) in [5, 5.41) is 5.04.